The van der Waals surface area contributed by atoms with Crippen molar-refractivity contribution in [3.05, 3.63) is 107 Å². The Hall–Kier alpha value is -3.61. The van der Waals surface area contributed by atoms with E-state index in [2.05, 4.69) is 5.32 Å². The van der Waals surface area contributed by atoms with Gasteiger partial charge in [0.1, 0.15) is 29.1 Å². The predicted molar refractivity (Wildman–Crippen MR) is 101 cm³/mol. The summed E-state index contributed by atoms with van der Waals surface area (Å²) in [5, 5.41) is 2.32. The van der Waals surface area contributed by atoms with Crippen molar-refractivity contribution in [3.8, 4) is 0 Å². The van der Waals surface area contributed by atoms with Crippen LogP contribution >= 0.6 is 0 Å². The molecule has 0 bridgehead atoms. The molecule has 0 aromatic heterocycles. The summed E-state index contributed by atoms with van der Waals surface area (Å²) < 4.78 is 41.2. The number of rotatable bonds is 6. The molecular formula is C22H17F3N2O2. The van der Waals surface area contributed by atoms with Gasteiger partial charge in [0, 0.05) is 18.1 Å². The first kappa shape index (κ1) is 20.1. The van der Waals surface area contributed by atoms with E-state index in [-0.39, 0.29) is 0 Å². The third-order valence-corrected chi connectivity index (χ3v) is 4.48. The van der Waals surface area contributed by atoms with Crippen LogP contribution in [0.25, 0.3) is 0 Å². The molecule has 0 aliphatic heterocycles. The number of nitrogens with two attached hydrogens (primary N) is 1. The van der Waals surface area contributed by atoms with Crippen molar-refractivity contribution >= 4 is 11.8 Å². The van der Waals surface area contributed by atoms with Gasteiger partial charge in [-0.3, -0.25) is 9.59 Å². The van der Waals surface area contributed by atoms with Crippen LogP contribution < -0.4 is 11.1 Å². The van der Waals surface area contributed by atoms with Gasteiger partial charge in [-0.2, -0.15) is 0 Å². The van der Waals surface area contributed by atoms with E-state index in [1.165, 1.54) is 0 Å². The summed E-state index contributed by atoms with van der Waals surface area (Å²) in [7, 11) is 0. The number of carbonyl (C=O) groups is 2. The van der Waals surface area contributed by atoms with Gasteiger partial charge in [-0.05, 0) is 11.1 Å². The Bertz CT molecular complexity index is 964. The lowest BCUT2D eigenvalue weighted by atomic mass is 9.84. The van der Waals surface area contributed by atoms with E-state index in [9.17, 15) is 22.8 Å². The second kappa shape index (κ2) is 8.60. The van der Waals surface area contributed by atoms with E-state index in [0.29, 0.717) is 23.3 Å². The van der Waals surface area contributed by atoms with Crippen LogP contribution in [0.3, 0.4) is 0 Å². The van der Waals surface area contributed by atoms with Crippen molar-refractivity contribution in [2.75, 3.05) is 0 Å². The van der Waals surface area contributed by atoms with Crippen LogP contribution in [0.1, 0.15) is 27.4 Å². The Morgan fingerprint density at radius 3 is 1.66 bits per heavy atom. The smallest absolute Gasteiger partial charge is 0.257 e. The average molecular weight is 398 g/mol. The maximum absolute atomic E-state index is 14.0. The maximum atomic E-state index is 14.0. The predicted octanol–water partition coefficient (Wildman–Crippen LogP) is 3.52. The van der Waals surface area contributed by atoms with E-state index < -0.39 is 46.8 Å². The summed E-state index contributed by atoms with van der Waals surface area (Å²) in [6, 6.07) is 17.1. The SMILES string of the molecule is NC(=O)[C@@H](NC(=O)c1c(F)cc(F)cc1F)C(c1ccccc1)c1ccccc1. The number of hydrogen-bond donors (Lipinski definition) is 2. The topological polar surface area (TPSA) is 72.2 Å². The molecule has 0 spiro atoms. The zero-order chi connectivity index (χ0) is 21.0. The molecule has 3 N–H and O–H groups in total. The third-order valence-electron chi connectivity index (χ3n) is 4.48. The van der Waals surface area contributed by atoms with E-state index in [1.54, 1.807) is 60.7 Å². The highest BCUT2D eigenvalue weighted by Gasteiger charge is 2.32. The first-order valence-corrected chi connectivity index (χ1v) is 8.73. The molecule has 0 fully saturated rings. The van der Waals surface area contributed by atoms with Crippen LogP contribution in [0.2, 0.25) is 0 Å². The van der Waals surface area contributed by atoms with Crippen LogP contribution in [0.5, 0.6) is 0 Å². The van der Waals surface area contributed by atoms with Crippen LogP contribution in [0, 0.1) is 17.5 Å². The zero-order valence-corrected chi connectivity index (χ0v) is 15.1. The molecule has 2 amide bonds. The molecule has 3 aromatic carbocycles. The minimum absolute atomic E-state index is 0.392. The van der Waals surface area contributed by atoms with Gasteiger partial charge in [-0.25, -0.2) is 13.2 Å². The molecule has 0 aliphatic carbocycles. The van der Waals surface area contributed by atoms with Gasteiger partial charge in [0.15, 0.2) is 0 Å². The monoisotopic (exact) mass is 398 g/mol. The second-order valence-electron chi connectivity index (χ2n) is 6.40. The molecule has 4 nitrogen and oxygen atoms in total. The molecule has 0 unspecified atom stereocenters. The largest absolute Gasteiger partial charge is 0.368 e. The number of halogens is 3. The Labute approximate surface area is 165 Å². The van der Waals surface area contributed by atoms with Gasteiger partial charge < -0.3 is 11.1 Å². The summed E-state index contributed by atoms with van der Waals surface area (Å²) >= 11 is 0. The van der Waals surface area contributed by atoms with Crippen LogP contribution in [0.4, 0.5) is 13.2 Å². The molecule has 1 atom stereocenters. The lowest BCUT2D eigenvalue weighted by molar-refractivity contribution is -0.120. The van der Waals surface area contributed by atoms with Gasteiger partial charge >= 0.3 is 0 Å². The minimum atomic E-state index is -1.38. The molecular weight excluding hydrogens is 381 g/mol. The summed E-state index contributed by atoms with van der Waals surface area (Å²) in [4.78, 5) is 24.8. The van der Waals surface area contributed by atoms with Crippen LogP contribution in [-0.2, 0) is 4.79 Å². The maximum Gasteiger partial charge on any atom is 0.257 e. The Morgan fingerprint density at radius 1 is 0.793 bits per heavy atom. The van der Waals surface area contributed by atoms with Gasteiger partial charge in [-0.1, -0.05) is 60.7 Å². The first-order valence-electron chi connectivity index (χ1n) is 8.73. The molecule has 3 rings (SSSR count). The van der Waals surface area contributed by atoms with Crippen molar-refractivity contribution in [1.82, 2.24) is 5.32 Å². The molecule has 148 valence electrons. The molecule has 3 aromatic rings. The normalized spacial score (nSPS) is 11.9. The van der Waals surface area contributed by atoms with Crippen molar-refractivity contribution < 1.29 is 22.8 Å². The van der Waals surface area contributed by atoms with Crippen LogP contribution in [-0.4, -0.2) is 17.9 Å². The summed E-state index contributed by atoms with van der Waals surface area (Å²) in [6.45, 7) is 0. The molecule has 29 heavy (non-hydrogen) atoms. The number of benzene rings is 3. The van der Waals surface area contributed by atoms with Gasteiger partial charge in [-0.15, -0.1) is 0 Å². The zero-order valence-electron chi connectivity index (χ0n) is 15.1. The van der Waals surface area contributed by atoms with Crippen molar-refractivity contribution in [2.45, 2.75) is 12.0 Å². The number of primary amides is 1. The Kier molecular flexibility index (Phi) is 5.97. The fourth-order valence-corrected chi connectivity index (χ4v) is 3.19. The highest BCUT2D eigenvalue weighted by Crippen LogP contribution is 2.28. The van der Waals surface area contributed by atoms with Gasteiger partial charge in [0.25, 0.3) is 5.91 Å². The number of hydrogen-bond acceptors (Lipinski definition) is 2. The fraction of sp³-hybridized carbons (Fsp3) is 0.0909. The molecule has 0 heterocycles. The highest BCUT2D eigenvalue weighted by atomic mass is 19.1. The third kappa shape index (κ3) is 4.45. The summed E-state index contributed by atoms with van der Waals surface area (Å²) in [5.41, 5.74) is 5.89. The standard InChI is InChI=1S/C22H17F3N2O2/c23-15-11-16(24)19(17(25)12-15)22(29)27-20(21(26)28)18(13-7-3-1-4-8-13)14-9-5-2-6-10-14/h1-12,18,20H,(H2,26,28)(H,27,29)/t20-/m0/s1. The van der Waals surface area contributed by atoms with E-state index >= 15 is 0 Å². The van der Waals surface area contributed by atoms with Gasteiger partial charge in [0.05, 0.1) is 0 Å². The van der Waals surface area contributed by atoms with Crippen LogP contribution in [0.15, 0.2) is 72.8 Å². The Morgan fingerprint density at radius 2 is 1.24 bits per heavy atom. The quantitative estimate of drug-likeness (QED) is 0.667. The molecule has 7 heteroatoms. The van der Waals surface area contributed by atoms with Crippen molar-refractivity contribution in [2.24, 2.45) is 5.73 Å². The van der Waals surface area contributed by atoms with E-state index in [0.717, 1.165) is 0 Å². The molecule has 0 saturated carbocycles. The average Bonchev–Trinajstić information content (AvgIpc) is 2.68. The lowest BCUT2D eigenvalue weighted by Gasteiger charge is -2.27. The molecule has 0 saturated heterocycles. The number of carbonyl (C=O) groups excluding carboxylic acids is 2. The van der Waals surface area contributed by atoms with E-state index in [1.807, 2.05) is 0 Å². The summed E-state index contributed by atoms with van der Waals surface area (Å²) in [6.07, 6.45) is 0. The number of amides is 2. The first-order chi connectivity index (χ1) is 13.9. The van der Waals surface area contributed by atoms with Crippen molar-refractivity contribution in [1.29, 1.82) is 0 Å². The Balaban J connectivity index is 2.03. The minimum Gasteiger partial charge on any atom is -0.368 e. The summed E-state index contributed by atoms with van der Waals surface area (Å²) in [5.74, 6) is -6.71. The second-order valence-corrected chi connectivity index (χ2v) is 6.40. The highest BCUT2D eigenvalue weighted by molar-refractivity contribution is 5.98. The lowest BCUT2D eigenvalue weighted by Crippen LogP contribution is -2.49. The van der Waals surface area contributed by atoms with Gasteiger partial charge in [0.2, 0.25) is 5.91 Å². The van der Waals surface area contributed by atoms with Crippen molar-refractivity contribution in [3.63, 3.8) is 0 Å². The molecule has 0 aliphatic rings. The van der Waals surface area contributed by atoms with E-state index in [4.69, 9.17) is 5.73 Å². The number of nitrogens with one attached hydrogen (secondary N) is 1. The fourth-order valence-electron chi connectivity index (χ4n) is 3.19. The molecule has 0 radical (unpaired) electrons.